The molecule has 0 aliphatic carbocycles. The van der Waals surface area contributed by atoms with E-state index in [2.05, 4.69) is 10.6 Å². The highest BCUT2D eigenvalue weighted by Gasteiger charge is 2.20. The third kappa shape index (κ3) is 3.85. The first-order valence-electron chi connectivity index (χ1n) is 6.22. The number of carbonyl (C=O) groups excluding carboxylic acids is 2. The smallest absolute Gasteiger partial charge is 0.313 e. The summed E-state index contributed by atoms with van der Waals surface area (Å²) < 4.78 is 5.35. The minimum atomic E-state index is -0.807. The highest BCUT2D eigenvalue weighted by molar-refractivity contribution is 6.44. The molecule has 1 aliphatic heterocycles. The molecule has 2 N–H and O–H groups in total. The van der Waals surface area contributed by atoms with Crippen molar-refractivity contribution in [1.82, 2.24) is 5.32 Å². The first-order valence-corrected chi connectivity index (χ1v) is 6.98. The van der Waals surface area contributed by atoms with E-state index in [1.54, 1.807) is 18.2 Å². The van der Waals surface area contributed by atoms with Crippen LogP contribution in [-0.4, -0.2) is 31.1 Å². The molecule has 20 heavy (non-hydrogen) atoms. The van der Waals surface area contributed by atoms with Crippen LogP contribution >= 0.6 is 23.2 Å². The number of rotatable bonds is 3. The maximum absolute atomic E-state index is 11.7. The van der Waals surface area contributed by atoms with Gasteiger partial charge in [0.2, 0.25) is 0 Å². The third-order valence-corrected chi connectivity index (χ3v) is 3.55. The molecule has 0 aromatic heterocycles. The Morgan fingerprint density at radius 3 is 2.55 bits per heavy atom. The second-order valence-electron chi connectivity index (χ2n) is 4.40. The van der Waals surface area contributed by atoms with Crippen LogP contribution in [0.5, 0.6) is 0 Å². The summed E-state index contributed by atoms with van der Waals surface area (Å²) in [4.78, 5) is 23.4. The van der Waals surface area contributed by atoms with E-state index in [1.807, 2.05) is 0 Å². The lowest BCUT2D eigenvalue weighted by molar-refractivity contribution is -0.136. The van der Waals surface area contributed by atoms with Crippen LogP contribution in [0.4, 0.5) is 5.69 Å². The first kappa shape index (κ1) is 15.1. The van der Waals surface area contributed by atoms with Gasteiger partial charge in [-0.25, -0.2) is 0 Å². The molecule has 2 amide bonds. The second kappa shape index (κ2) is 6.92. The van der Waals surface area contributed by atoms with Crippen LogP contribution in [0.1, 0.15) is 12.8 Å². The van der Waals surface area contributed by atoms with Gasteiger partial charge in [-0.1, -0.05) is 29.3 Å². The summed E-state index contributed by atoms with van der Waals surface area (Å²) in [5.41, 5.74) is 0.230. The average Bonchev–Trinajstić information content (AvgIpc) is 2.93. The summed E-state index contributed by atoms with van der Waals surface area (Å²) in [5, 5.41) is 5.47. The lowest BCUT2D eigenvalue weighted by Crippen LogP contribution is -2.39. The molecule has 1 aromatic carbocycles. The van der Waals surface area contributed by atoms with Gasteiger partial charge in [0.25, 0.3) is 0 Å². The average molecular weight is 317 g/mol. The fourth-order valence-electron chi connectivity index (χ4n) is 1.88. The molecule has 0 radical (unpaired) electrons. The summed E-state index contributed by atoms with van der Waals surface area (Å²) in [6, 6.07) is 4.80. The van der Waals surface area contributed by atoms with Crippen LogP contribution in [0.25, 0.3) is 0 Å². The van der Waals surface area contributed by atoms with Crippen molar-refractivity contribution in [2.24, 2.45) is 0 Å². The Morgan fingerprint density at radius 1 is 1.25 bits per heavy atom. The molecule has 1 saturated heterocycles. The first-order chi connectivity index (χ1) is 9.58. The van der Waals surface area contributed by atoms with E-state index in [0.29, 0.717) is 13.2 Å². The molecule has 1 fully saturated rings. The van der Waals surface area contributed by atoms with Gasteiger partial charge in [0.15, 0.2) is 0 Å². The van der Waals surface area contributed by atoms with Crippen molar-refractivity contribution in [3.8, 4) is 0 Å². The summed E-state index contributed by atoms with van der Waals surface area (Å²) in [7, 11) is 0. The predicted octanol–water partition coefficient (Wildman–Crippen LogP) is 2.23. The summed E-state index contributed by atoms with van der Waals surface area (Å²) in [6.07, 6.45) is 1.84. The van der Waals surface area contributed by atoms with Gasteiger partial charge in [0.1, 0.15) is 0 Å². The fraction of sp³-hybridized carbons (Fsp3) is 0.385. The Balaban J connectivity index is 1.89. The maximum atomic E-state index is 11.7. The fourth-order valence-corrected chi connectivity index (χ4v) is 2.37. The number of halogens is 2. The minimum absolute atomic E-state index is 0.0179. The van der Waals surface area contributed by atoms with Gasteiger partial charge >= 0.3 is 11.8 Å². The van der Waals surface area contributed by atoms with E-state index >= 15 is 0 Å². The lowest BCUT2D eigenvalue weighted by Gasteiger charge is -2.11. The molecule has 0 saturated carbocycles. The molecule has 1 unspecified atom stereocenters. The largest absolute Gasteiger partial charge is 0.376 e. The van der Waals surface area contributed by atoms with Gasteiger partial charge in [0, 0.05) is 13.2 Å². The molecular formula is C13H14Cl2N2O3. The van der Waals surface area contributed by atoms with E-state index < -0.39 is 11.8 Å². The summed E-state index contributed by atoms with van der Waals surface area (Å²) >= 11 is 11.8. The topological polar surface area (TPSA) is 67.4 Å². The van der Waals surface area contributed by atoms with Crippen molar-refractivity contribution in [1.29, 1.82) is 0 Å². The SMILES string of the molecule is O=C(NCC1CCCO1)C(=O)Nc1c(Cl)cccc1Cl. The Bertz CT molecular complexity index is 496. The number of amides is 2. The van der Waals surface area contributed by atoms with Crippen molar-refractivity contribution in [2.75, 3.05) is 18.5 Å². The van der Waals surface area contributed by atoms with Gasteiger partial charge in [0.05, 0.1) is 21.8 Å². The quantitative estimate of drug-likeness (QED) is 0.840. The van der Waals surface area contributed by atoms with Crippen LogP contribution in [0.15, 0.2) is 18.2 Å². The zero-order chi connectivity index (χ0) is 14.5. The van der Waals surface area contributed by atoms with Crippen LogP contribution in [0.2, 0.25) is 10.0 Å². The molecule has 1 aliphatic rings. The number of ether oxygens (including phenoxy) is 1. The van der Waals surface area contributed by atoms with Crippen molar-refractivity contribution >= 4 is 40.7 Å². The standard InChI is InChI=1S/C13H14Cl2N2O3/c14-9-4-1-5-10(15)11(9)17-13(19)12(18)16-7-8-3-2-6-20-8/h1,4-5,8H,2-3,6-7H2,(H,16,18)(H,17,19). The predicted molar refractivity (Wildman–Crippen MR) is 77.1 cm³/mol. The molecule has 0 bridgehead atoms. The maximum Gasteiger partial charge on any atom is 0.313 e. The Morgan fingerprint density at radius 2 is 1.95 bits per heavy atom. The number of carbonyl (C=O) groups is 2. The van der Waals surface area contributed by atoms with Gasteiger partial charge in [-0.2, -0.15) is 0 Å². The molecule has 1 atom stereocenters. The van der Waals surface area contributed by atoms with Crippen molar-refractivity contribution in [2.45, 2.75) is 18.9 Å². The number of para-hydroxylation sites is 1. The lowest BCUT2D eigenvalue weighted by atomic mass is 10.2. The van der Waals surface area contributed by atoms with Crippen molar-refractivity contribution in [3.63, 3.8) is 0 Å². The molecule has 7 heteroatoms. The van der Waals surface area contributed by atoms with Crippen LogP contribution in [-0.2, 0) is 14.3 Å². The summed E-state index contributed by atoms with van der Waals surface area (Å²) in [6.45, 7) is 1.02. The van der Waals surface area contributed by atoms with Gasteiger partial charge in [-0.05, 0) is 25.0 Å². The number of anilines is 1. The number of nitrogens with one attached hydrogen (secondary N) is 2. The molecule has 0 spiro atoms. The van der Waals surface area contributed by atoms with Crippen LogP contribution < -0.4 is 10.6 Å². The third-order valence-electron chi connectivity index (χ3n) is 2.92. The molecule has 2 rings (SSSR count). The normalized spacial score (nSPS) is 17.8. The zero-order valence-corrected chi connectivity index (χ0v) is 12.1. The van der Waals surface area contributed by atoms with E-state index in [4.69, 9.17) is 27.9 Å². The van der Waals surface area contributed by atoms with E-state index in [0.717, 1.165) is 12.8 Å². The van der Waals surface area contributed by atoms with E-state index in [-0.39, 0.29) is 21.8 Å². The Labute approximate surface area is 126 Å². The Hall–Kier alpha value is -1.30. The molecule has 108 valence electrons. The van der Waals surface area contributed by atoms with Crippen molar-refractivity contribution < 1.29 is 14.3 Å². The van der Waals surface area contributed by atoms with Gasteiger partial charge in [-0.15, -0.1) is 0 Å². The van der Waals surface area contributed by atoms with Crippen LogP contribution in [0.3, 0.4) is 0 Å². The summed E-state index contributed by atoms with van der Waals surface area (Å²) in [5.74, 6) is -1.55. The monoisotopic (exact) mass is 316 g/mol. The van der Waals surface area contributed by atoms with Gasteiger partial charge in [-0.3, -0.25) is 9.59 Å². The molecule has 5 nitrogen and oxygen atoms in total. The van der Waals surface area contributed by atoms with Crippen LogP contribution in [0, 0.1) is 0 Å². The number of hydrogen-bond acceptors (Lipinski definition) is 3. The molecule has 1 aromatic rings. The minimum Gasteiger partial charge on any atom is -0.376 e. The van der Waals surface area contributed by atoms with Crippen molar-refractivity contribution in [3.05, 3.63) is 28.2 Å². The Kier molecular flexibility index (Phi) is 5.23. The number of benzene rings is 1. The zero-order valence-electron chi connectivity index (χ0n) is 10.6. The van der Waals surface area contributed by atoms with Gasteiger partial charge < -0.3 is 15.4 Å². The number of hydrogen-bond donors (Lipinski definition) is 2. The highest BCUT2D eigenvalue weighted by Crippen LogP contribution is 2.29. The molecule has 1 heterocycles. The van der Waals surface area contributed by atoms with E-state index in [9.17, 15) is 9.59 Å². The molecular weight excluding hydrogens is 303 g/mol. The highest BCUT2D eigenvalue weighted by atomic mass is 35.5. The van der Waals surface area contributed by atoms with E-state index in [1.165, 1.54) is 0 Å². The second-order valence-corrected chi connectivity index (χ2v) is 5.21.